The van der Waals surface area contributed by atoms with Crippen LogP contribution in [0.4, 0.5) is 0 Å². The van der Waals surface area contributed by atoms with Gasteiger partial charge in [-0.3, -0.25) is 9.20 Å². The zero-order chi connectivity index (χ0) is 21.1. The molecule has 0 saturated carbocycles. The van der Waals surface area contributed by atoms with Crippen LogP contribution in [0.25, 0.3) is 5.65 Å². The van der Waals surface area contributed by atoms with Crippen molar-refractivity contribution < 1.29 is 13.2 Å². The first kappa shape index (κ1) is 21.0. The molecule has 3 aromatic rings. The number of nitrogens with zero attached hydrogens (tertiary/aromatic N) is 4. The predicted molar refractivity (Wildman–Crippen MR) is 115 cm³/mol. The average molecular weight is 492 g/mol. The summed E-state index contributed by atoms with van der Waals surface area (Å²) in [6.07, 6.45) is 3.71. The maximum Gasteiger partial charge on any atom is 0.240 e. The molecule has 0 aliphatic carbocycles. The van der Waals surface area contributed by atoms with E-state index in [1.807, 2.05) is 28.8 Å². The summed E-state index contributed by atoms with van der Waals surface area (Å²) in [5.41, 5.74) is 0.823. The number of halogens is 1. The lowest BCUT2D eigenvalue weighted by Gasteiger charge is -2.31. The number of aromatic nitrogens is 3. The number of benzene rings is 1. The Kier molecular flexibility index (Phi) is 6.16. The Labute approximate surface area is 183 Å². The molecule has 4 rings (SSSR count). The van der Waals surface area contributed by atoms with Crippen LogP contribution in [-0.2, 0) is 14.8 Å². The van der Waals surface area contributed by atoms with Gasteiger partial charge >= 0.3 is 0 Å². The second-order valence-electron chi connectivity index (χ2n) is 7.24. The highest BCUT2D eigenvalue weighted by atomic mass is 79.9. The van der Waals surface area contributed by atoms with Gasteiger partial charge in [0.15, 0.2) is 5.65 Å². The van der Waals surface area contributed by atoms with E-state index in [1.54, 1.807) is 17.0 Å². The zero-order valence-corrected chi connectivity index (χ0v) is 18.6. The summed E-state index contributed by atoms with van der Waals surface area (Å²) in [5, 5.41) is 8.54. The number of likely N-dealkylation sites (tertiary alicyclic amines) is 1. The maximum absolute atomic E-state index is 12.5. The van der Waals surface area contributed by atoms with Crippen molar-refractivity contribution in [2.75, 3.05) is 19.6 Å². The van der Waals surface area contributed by atoms with Crippen molar-refractivity contribution in [1.29, 1.82) is 0 Å². The van der Waals surface area contributed by atoms with Crippen LogP contribution in [0.2, 0.25) is 0 Å². The van der Waals surface area contributed by atoms with Gasteiger partial charge in [-0.2, -0.15) is 0 Å². The molecule has 0 atom stereocenters. The summed E-state index contributed by atoms with van der Waals surface area (Å²) < 4.78 is 29.9. The molecule has 158 valence electrons. The number of amides is 1. The van der Waals surface area contributed by atoms with Gasteiger partial charge in [0.1, 0.15) is 5.82 Å². The first-order chi connectivity index (χ1) is 14.4. The third-order valence-corrected chi connectivity index (χ3v) is 7.31. The number of pyridine rings is 1. The van der Waals surface area contributed by atoms with E-state index >= 15 is 0 Å². The van der Waals surface area contributed by atoms with Gasteiger partial charge < -0.3 is 4.90 Å². The minimum Gasteiger partial charge on any atom is -0.343 e. The maximum atomic E-state index is 12.5. The second kappa shape index (κ2) is 8.83. The summed E-state index contributed by atoms with van der Waals surface area (Å²) in [5.74, 6) is 1.14. The molecule has 10 heteroatoms. The molecule has 0 bridgehead atoms. The van der Waals surface area contributed by atoms with Crippen molar-refractivity contribution in [1.82, 2.24) is 24.2 Å². The minimum absolute atomic E-state index is 0.0435. The van der Waals surface area contributed by atoms with Crippen LogP contribution in [0.1, 0.15) is 31.0 Å². The van der Waals surface area contributed by atoms with Crippen LogP contribution in [0, 0.1) is 0 Å². The molecule has 1 saturated heterocycles. The fourth-order valence-corrected chi connectivity index (χ4v) is 4.97. The lowest BCUT2D eigenvalue weighted by atomic mass is 9.96. The first-order valence-electron chi connectivity index (χ1n) is 9.77. The highest BCUT2D eigenvalue weighted by Gasteiger charge is 2.27. The fourth-order valence-electron chi connectivity index (χ4n) is 3.67. The van der Waals surface area contributed by atoms with E-state index in [0.717, 1.165) is 28.8 Å². The second-order valence-corrected chi connectivity index (χ2v) is 9.93. The topological polar surface area (TPSA) is 96.7 Å². The number of piperidine rings is 1. The van der Waals surface area contributed by atoms with Crippen LogP contribution in [-0.4, -0.2) is 53.5 Å². The van der Waals surface area contributed by atoms with E-state index in [2.05, 4.69) is 30.8 Å². The Morgan fingerprint density at radius 3 is 2.57 bits per heavy atom. The van der Waals surface area contributed by atoms with Gasteiger partial charge in [0, 0.05) is 42.6 Å². The Balaban J connectivity index is 1.28. The number of nitrogens with one attached hydrogen (secondary N) is 1. The molecule has 1 N–H and O–H groups in total. The van der Waals surface area contributed by atoms with Crippen molar-refractivity contribution in [2.24, 2.45) is 0 Å². The molecule has 1 aliphatic heterocycles. The molecular formula is C20H22BrN5O3S. The number of rotatable bonds is 6. The van der Waals surface area contributed by atoms with Gasteiger partial charge in [-0.05, 0) is 49.2 Å². The van der Waals surface area contributed by atoms with E-state index in [4.69, 9.17) is 0 Å². The van der Waals surface area contributed by atoms with Gasteiger partial charge in [-0.1, -0.05) is 22.0 Å². The Hall–Kier alpha value is -2.30. The lowest BCUT2D eigenvalue weighted by Crippen LogP contribution is -2.39. The van der Waals surface area contributed by atoms with Crippen molar-refractivity contribution in [3.05, 3.63) is 59.0 Å². The van der Waals surface area contributed by atoms with E-state index in [0.29, 0.717) is 13.1 Å². The monoisotopic (exact) mass is 491 g/mol. The zero-order valence-electron chi connectivity index (χ0n) is 16.2. The Bertz CT molecular complexity index is 1140. The van der Waals surface area contributed by atoms with Gasteiger partial charge in [0.25, 0.3) is 0 Å². The summed E-state index contributed by atoms with van der Waals surface area (Å²) in [6.45, 7) is 1.33. The SMILES string of the molecule is O=C(CCNS(=O)(=O)c1ccc(Br)cc1)N1CCC(c2nnc3ccccn23)CC1. The number of carbonyl (C=O) groups excluding carboxylic acids is 1. The van der Waals surface area contributed by atoms with Gasteiger partial charge in [-0.15, -0.1) is 10.2 Å². The summed E-state index contributed by atoms with van der Waals surface area (Å²) in [6, 6.07) is 12.2. The van der Waals surface area contributed by atoms with Crippen LogP contribution in [0.15, 0.2) is 58.0 Å². The Morgan fingerprint density at radius 2 is 1.83 bits per heavy atom. The summed E-state index contributed by atoms with van der Waals surface area (Å²) in [7, 11) is -3.62. The van der Waals surface area contributed by atoms with Crippen LogP contribution < -0.4 is 4.72 Å². The number of sulfonamides is 1. The van der Waals surface area contributed by atoms with Crippen molar-refractivity contribution in [3.63, 3.8) is 0 Å². The lowest BCUT2D eigenvalue weighted by molar-refractivity contribution is -0.132. The molecule has 0 spiro atoms. The van der Waals surface area contributed by atoms with E-state index in [-0.39, 0.29) is 29.7 Å². The molecule has 30 heavy (non-hydrogen) atoms. The largest absolute Gasteiger partial charge is 0.343 e. The third kappa shape index (κ3) is 4.55. The number of hydrogen-bond acceptors (Lipinski definition) is 5. The fraction of sp³-hybridized carbons (Fsp3) is 0.350. The molecule has 1 amide bonds. The van der Waals surface area contributed by atoms with Crippen molar-refractivity contribution >= 4 is 37.5 Å². The molecule has 1 aromatic carbocycles. The Morgan fingerprint density at radius 1 is 1.10 bits per heavy atom. The number of hydrogen-bond donors (Lipinski definition) is 1. The highest BCUT2D eigenvalue weighted by molar-refractivity contribution is 9.10. The normalized spacial score (nSPS) is 15.6. The molecule has 0 radical (unpaired) electrons. The third-order valence-electron chi connectivity index (χ3n) is 5.31. The molecule has 0 unspecified atom stereocenters. The van der Waals surface area contributed by atoms with E-state index in [9.17, 15) is 13.2 Å². The van der Waals surface area contributed by atoms with Gasteiger partial charge in [0.05, 0.1) is 4.90 Å². The number of carbonyl (C=O) groups is 1. The van der Waals surface area contributed by atoms with E-state index < -0.39 is 10.0 Å². The van der Waals surface area contributed by atoms with Crippen molar-refractivity contribution in [2.45, 2.75) is 30.1 Å². The standard InChI is InChI=1S/C20H22BrN5O3S/c21-16-4-6-17(7-5-16)30(28,29)22-11-8-19(27)25-13-9-15(10-14-25)20-24-23-18-3-1-2-12-26(18)20/h1-7,12,15,22H,8-11,13-14H2. The minimum atomic E-state index is -3.62. The average Bonchev–Trinajstić information content (AvgIpc) is 3.18. The summed E-state index contributed by atoms with van der Waals surface area (Å²) in [4.78, 5) is 14.5. The van der Waals surface area contributed by atoms with Crippen LogP contribution in [0.5, 0.6) is 0 Å². The van der Waals surface area contributed by atoms with Crippen LogP contribution >= 0.6 is 15.9 Å². The number of fused-ring (bicyclic) bond motifs is 1. The molecule has 2 aromatic heterocycles. The predicted octanol–water partition coefficient (Wildman–Crippen LogP) is 2.57. The molecule has 1 fully saturated rings. The quantitative estimate of drug-likeness (QED) is 0.571. The molecular weight excluding hydrogens is 470 g/mol. The summed E-state index contributed by atoms with van der Waals surface area (Å²) >= 11 is 3.28. The molecule has 8 nitrogen and oxygen atoms in total. The van der Waals surface area contributed by atoms with Crippen molar-refractivity contribution in [3.8, 4) is 0 Å². The highest BCUT2D eigenvalue weighted by Crippen LogP contribution is 2.27. The van der Waals surface area contributed by atoms with E-state index in [1.165, 1.54) is 12.1 Å². The first-order valence-corrected chi connectivity index (χ1v) is 12.0. The van der Waals surface area contributed by atoms with Gasteiger partial charge in [0.2, 0.25) is 15.9 Å². The molecule has 1 aliphatic rings. The smallest absolute Gasteiger partial charge is 0.240 e. The molecule has 3 heterocycles. The van der Waals surface area contributed by atoms with Crippen LogP contribution in [0.3, 0.4) is 0 Å². The van der Waals surface area contributed by atoms with Gasteiger partial charge in [-0.25, -0.2) is 13.1 Å².